The lowest BCUT2D eigenvalue weighted by Crippen LogP contribution is -2.04. The number of nitrogens with one attached hydrogen (secondary N) is 1. The van der Waals surface area contributed by atoms with Crippen molar-refractivity contribution in [3.8, 4) is 5.75 Å². The summed E-state index contributed by atoms with van der Waals surface area (Å²) in [6.45, 7) is 0. The molecule has 0 fully saturated rings. The van der Waals surface area contributed by atoms with Crippen LogP contribution in [0.25, 0.3) is 0 Å². The molecule has 0 bridgehead atoms. The van der Waals surface area contributed by atoms with Gasteiger partial charge in [-0.1, -0.05) is 0 Å². The van der Waals surface area contributed by atoms with Crippen LogP contribution in [0.5, 0.6) is 5.75 Å². The molecule has 0 atom stereocenters. The molecule has 2 rings (SSSR count). The molecule has 0 aliphatic carbocycles. The SMILES string of the molecule is COc1ccc(Nc2ccc(C(F)(F)F)cc2)cc1N. The van der Waals surface area contributed by atoms with Gasteiger partial charge in [0.05, 0.1) is 18.4 Å². The minimum absolute atomic E-state index is 0.449. The highest BCUT2D eigenvalue weighted by Gasteiger charge is 2.29. The second-order valence-corrected chi connectivity index (χ2v) is 4.16. The van der Waals surface area contributed by atoms with Gasteiger partial charge < -0.3 is 15.8 Å². The molecule has 0 aliphatic heterocycles. The second-order valence-electron chi connectivity index (χ2n) is 4.16. The van der Waals surface area contributed by atoms with Gasteiger partial charge in [-0.3, -0.25) is 0 Å². The highest BCUT2D eigenvalue weighted by Crippen LogP contribution is 2.31. The Morgan fingerprint density at radius 2 is 1.60 bits per heavy atom. The number of hydrogen-bond acceptors (Lipinski definition) is 3. The van der Waals surface area contributed by atoms with E-state index in [0.29, 0.717) is 22.8 Å². The van der Waals surface area contributed by atoms with Crippen LogP contribution >= 0.6 is 0 Å². The van der Waals surface area contributed by atoms with E-state index in [0.717, 1.165) is 12.1 Å². The summed E-state index contributed by atoms with van der Waals surface area (Å²) in [6.07, 6.45) is -4.33. The number of benzene rings is 2. The molecule has 0 amide bonds. The van der Waals surface area contributed by atoms with Crippen molar-refractivity contribution < 1.29 is 17.9 Å². The first-order chi connectivity index (χ1) is 9.40. The van der Waals surface area contributed by atoms with E-state index in [9.17, 15) is 13.2 Å². The molecule has 0 heterocycles. The lowest BCUT2D eigenvalue weighted by molar-refractivity contribution is -0.137. The number of halogens is 3. The summed E-state index contributed by atoms with van der Waals surface area (Å²) in [7, 11) is 1.51. The fraction of sp³-hybridized carbons (Fsp3) is 0.143. The number of anilines is 3. The zero-order valence-electron chi connectivity index (χ0n) is 10.7. The molecule has 0 saturated carbocycles. The van der Waals surface area contributed by atoms with Crippen molar-refractivity contribution >= 4 is 17.1 Å². The van der Waals surface area contributed by atoms with Gasteiger partial charge in [0.1, 0.15) is 5.75 Å². The maximum atomic E-state index is 12.4. The van der Waals surface area contributed by atoms with Crippen LogP contribution in [0.4, 0.5) is 30.2 Å². The smallest absolute Gasteiger partial charge is 0.416 e. The van der Waals surface area contributed by atoms with Gasteiger partial charge in [0, 0.05) is 11.4 Å². The van der Waals surface area contributed by atoms with Crippen molar-refractivity contribution in [2.45, 2.75) is 6.18 Å². The molecule has 2 aromatic rings. The van der Waals surface area contributed by atoms with Gasteiger partial charge in [-0.15, -0.1) is 0 Å². The quantitative estimate of drug-likeness (QED) is 0.835. The number of alkyl halides is 3. The van der Waals surface area contributed by atoms with Gasteiger partial charge in [0.15, 0.2) is 0 Å². The second kappa shape index (κ2) is 5.32. The maximum absolute atomic E-state index is 12.4. The minimum Gasteiger partial charge on any atom is -0.495 e. The largest absolute Gasteiger partial charge is 0.495 e. The van der Waals surface area contributed by atoms with E-state index in [1.165, 1.54) is 19.2 Å². The van der Waals surface area contributed by atoms with Crippen LogP contribution < -0.4 is 15.8 Å². The van der Waals surface area contributed by atoms with Crippen molar-refractivity contribution in [2.75, 3.05) is 18.2 Å². The lowest BCUT2D eigenvalue weighted by atomic mass is 10.2. The first-order valence-electron chi connectivity index (χ1n) is 5.78. The fourth-order valence-electron chi connectivity index (χ4n) is 1.72. The minimum atomic E-state index is -4.33. The Labute approximate surface area is 114 Å². The predicted octanol–water partition coefficient (Wildman–Crippen LogP) is 4.04. The summed E-state index contributed by atoms with van der Waals surface area (Å²) in [4.78, 5) is 0. The van der Waals surface area contributed by atoms with Crippen molar-refractivity contribution in [2.24, 2.45) is 0 Å². The third-order valence-corrected chi connectivity index (χ3v) is 2.73. The molecular weight excluding hydrogens is 269 g/mol. The fourth-order valence-corrected chi connectivity index (χ4v) is 1.72. The number of ether oxygens (including phenoxy) is 1. The first-order valence-corrected chi connectivity index (χ1v) is 5.78. The topological polar surface area (TPSA) is 47.3 Å². The first kappa shape index (κ1) is 14.0. The molecule has 2 aromatic carbocycles. The number of methoxy groups -OCH3 is 1. The summed E-state index contributed by atoms with van der Waals surface area (Å²) >= 11 is 0. The van der Waals surface area contributed by atoms with Crippen molar-refractivity contribution in [3.63, 3.8) is 0 Å². The molecule has 6 heteroatoms. The van der Waals surface area contributed by atoms with Crippen LogP contribution in [0.3, 0.4) is 0 Å². The van der Waals surface area contributed by atoms with Gasteiger partial charge in [-0.25, -0.2) is 0 Å². The van der Waals surface area contributed by atoms with Gasteiger partial charge in [-0.2, -0.15) is 13.2 Å². The maximum Gasteiger partial charge on any atom is 0.416 e. The third-order valence-electron chi connectivity index (χ3n) is 2.73. The summed E-state index contributed by atoms with van der Waals surface area (Å²) in [6, 6.07) is 9.84. The zero-order chi connectivity index (χ0) is 14.8. The van der Waals surface area contributed by atoms with Crippen LogP contribution in [0.2, 0.25) is 0 Å². The average molecular weight is 282 g/mol. The van der Waals surface area contributed by atoms with Crippen LogP contribution in [0.15, 0.2) is 42.5 Å². The number of hydrogen-bond donors (Lipinski definition) is 2. The molecule has 0 saturated heterocycles. The number of nitrogen functional groups attached to an aromatic ring is 1. The van der Waals surface area contributed by atoms with Crippen molar-refractivity contribution in [1.29, 1.82) is 0 Å². The molecule has 0 spiro atoms. The molecule has 3 nitrogen and oxygen atoms in total. The van der Waals surface area contributed by atoms with Gasteiger partial charge >= 0.3 is 6.18 Å². The monoisotopic (exact) mass is 282 g/mol. The Hall–Kier alpha value is -2.37. The van der Waals surface area contributed by atoms with E-state index in [-0.39, 0.29) is 0 Å². The van der Waals surface area contributed by atoms with E-state index >= 15 is 0 Å². The standard InChI is InChI=1S/C14H13F3N2O/c1-20-13-7-6-11(8-12(13)18)19-10-4-2-9(3-5-10)14(15,16)17/h2-8,19H,18H2,1H3. The van der Waals surface area contributed by atoms with Crippen LogP contribution in [0, 0.1) is 0 Å². The van der Waals surface area contributed by atoms with Gasteiger partial charge in [-0.05, 0) is 42.5 Å². The highest BCUT2D eigenvalue weighted by molar-refractivity contribution is 5.67. The summed E-state index contributed by atoms with van der Waals surface area (Å²) < 4.78 is 42.3. The van der Waals surface area contributed by atoms with Crippen LogP contribution in [0.1, 0.15) is 5.56 Å². The number of nitrogens with two attached hydrogens (primary N) is 1. The average Bonchev–Trinajstić information content (AvgIpc) is 2.38. The Balaban J connectivity index is 2.16. The van der Waals surface area contributed by atoms with E-state index in [1.54, 1.807) is 18.2 Å². The normalized spacial score (nSPS) is 11.2. The van der Waals surface area contributed by atoms with Crippen LogP contribution in [-0.4, -0.2) is 7.11 Å². The molecule has 0 radical (unpaired) electrons. The van der Waals surface area contributed by atoms with Crippen LogP contribution in [-0.2, 0) is 6.18 Å². The molecule has 0 aliphatic rings. The molecular formula is C14H13F3N2O. The third kappa shape index (κ3) is 3.14. The van der Waals surface area contributed by atoms with E-state index in [1.807, 2.05) is 0 Å². The van der Waals surface area contributed by atoms with Crippen molar-refractivity contribution in [3.05, 3.63) is 48.0 Å². The predicted molar refractivity (Wildman–Crippen MR) is 72.1 cm³/mol. The van der Waals surface area contributed by atoms with E-state index in [4.69, 9.17) is 10.5 Å². The van der Waals surface area contributed by atoms with Gasteiger partial charge in [0.25, 0.3) is 0 Å². The van der Waals surface area contributed by atoms with Gasteiger partial charge in [0.2, 0.25) is 0 Å². The Morgan fingerprint density at radius 3 is 2.10 bits per heavy atom. The molecule has 0 aromatic heterocycles. The molecule has 106 valence electrons. The van der Waals surface area contributed by atoms with E-state index in [2.05, 4.69) is 5.32 Å². The summed E-state index contributed by atoms with van der Waals surface area (Å²) in [5.41, 5.74) is 6.73. The molecule has 3 N–H and O–H groups in total. The summed E-state index contributed by atoms with van der Waals surface area (Å²) in [5, 5.41) is 2.97. The van der Waals surface area contributed by atoms with Crippen molar-refractivity contribution in [1.82, 2.24) is 0 Å². The Kier molecular flexibility index (Phi) is 3.74. The highest BCUT2D eigenvalue weighted by atomic mass is 19.4. The number of rotatable bonds is 3. The Bertz CT molecular complexity index is 594. The molecule has 0 unspecified atom stereocenters. The summed E-state index contributed by atoms with van der Waals surface area (Å²) in [5.74, 6) is 0.544. The molecule has 20 heavy (non-hydrogen) atoms. The zero-order valence-corrected chi connectivity index (χ0v) is 10.7. The van der Waals surface area contributed by atoms with E-state index < -0.39 is 11.7 Å². The lowest BCUT2D eigenvalue weighted by Gasteiger charge is -2.11. The Morgan fingerprint density at radius 1 is 1.00 bits per heavy atom.